The lowest BCUT2D eigenvalue weighted by Gasteiger charge is -2.46. The van der Waals surface area contributed by atoms with E-state index < -0.39 is 35.6 Å². The molecule has 1 saturated carbocycles. The van der Waals surface area contributed by atoms with E-state index in [0.29, 0.717) is 12.8 Å². The maximum absolute atomic E-state index is 14.2. The summed E-state index contributed by atoms with van der Waals surface area (Å²) < 4.78 is 56.0. The first-order chi connectivity index (χ1) is 8.78. The van der Waals surface area contributed by atoms with Gasteiger partial charge in [-0.2, -0.15) is 17.6 Å². The van der Waals surface area contributed by atoms with Gasteiger partial charge in [-0.3, -0.25) is 4.79 Å². The van der Waals surface area contributed by atoms with E-state index in [9.17, 15) is 22.4 Å². The standard InChI is InChI=1S/C13H17F4NO/c1-7-6-18-10(13(16,17)12(7,14)15)8-4-2-3-5-9(8)11(18)19/h7-10H,2-6H2,1H3/t7?,8-,9+,10?/m0/s1. The van der Waals surface area contributed by atoms with Crippen LogP contribution >= 0.6 is 0 Å². The molecule has 0 spiro atoms. The zero-order chi connectivity index (χ0) is 14.0. The number of hydrogen-bond acceptors (Lipinski definition) is 1. The molecule has 19 heavy (non-hydrogen) atoms. The van der Waals surface area contributed by atoms with Gasteiger partial charge in [0, 0.05) is 18.4 Å². The number of carbonyl (C=O) groups excluding carboxylic acids is 1. The summed E-state index contributed by atoms with van der Waals surface area (Å²) in [7, 11) is 0. The number of rotatable bonds is 0. The van der Waals surface area contributed by atoms with Crippen LogP contribution in [0, 0.1) is 17.8 Å². The molecule has 0 radical (unpaired) electrons. The van der Waals surface area contributed by atoms with Gasteiger partial charge in [0.15, 0.2) is 0 Å². The third-order valence-electron chi connectivity index (χ3n) is 5.07. The van der Waals surface area contributed by atoms with Crippen molar-refractivity contribution in [2.75, 3.05) is 6.54 Å². The van der Waals surface area contributed by atoms with Crippen molar-refractivity contribution in [1.29, 1.82) is 0 Å². The van der Waals surface area contributed by atoms with Crippen molar-refractivity contribution in [2.45, 2.75) is 50.5 Å². The molecular formula is C13H17F4NO. The van der Waals surface area contributed by atoms with Crippen molar-refractivity contribution in [3.8, 4) is 0 Å². The minimum Gasteiger partial charge on any atom is -0.332 e. The van der Waals surface area contributed by atoms with Crippen LogP contribution in [-0.4, -0.2) is 35.2 Å². The molecule has 0 aromatic carbocycles. The van der Waals surface area contributed by atoms with Crippen LogP contribution in [0.1, 0.15) is 32.6 Å². The average molecular weight is 279 g/mol. The van der Waals surface area contributed by atoms with Crippen molar-refractivity contribution < 1.29 is 22.4 Å². The number of carbonyl (C=O) groups is 1. The molecule has 3 rings (SSSR count). The summed E-state index contributed by atoms with van der Waals surface area (Å²) in [6, 6.07) is -1.60. The lowest BCUT2D eigenvalue weighted by Crippen LogP contribution is -2.66. The highest BCUT2D eigenvalue weighted by Gasteiger charge is 2.73. The summed E-state index contributed by atoms with van der Waals surface area (Å²) in [5, 5.41) is 0. The third-order valence-corrected chi connectivity index (χ3v) is 5.07. The molecule has 0 N–H and O–H groups in total. The van der Waals surface area contributed by atoms with E-state index in [2.05, 4.69) is 0 Å². The van der Waals surface area contributed by atoms with Crippen LogP contribution in [0.25, 0.3) is 0 Å². The zero-order valence-corrected chi connectivity index (χ0v) is 10.7. The minimum absolute atomic E-state index is 0.251. The Labute approximate surface area is 109 Å². The fraction of sp³-hybridized carbons (Fsp3) is 0.923. The van der Waals surface area contributed by atoms with Crippen LogP contribution in [0.3, 0.4) is 0 Å². The monoisotopic (exact) mass is 279 g/mol. The Hall–Kier alpha value is -0.810. The summed E-state index contributed by atoms with van der Waals surface area (Å²) in [6.45, 7) is 0.846. The highest BCUT2D eigenvalue weighted by molar-refractivity contribution is 5.82. The number of nitrogens with zero attached hydrogens (tertiary/aromatic N) is 1. The quantitative estimate of drug-likeness (QED) is 0.624. The molecule has 2 nitrogen and oxygen atoms in total. The van der Waals surface area contributed by atoms with E-state index in [0.717, 1.165) is 24.7 Å². The van der Waals surface area contributed by atoms with Crippen LogP contribution in [0.4, 0.5) is 17.6 Å². The predicted molar refractivity (Wildman–Crippen MR) is 60.0 cm³/mol. The van der Waals surface area contributed by atoms with Gasteiger partial charge in [-0.05, 0) is 18.8 Å². The molecule has 2 aliphatic heterocycles. The molecular weight excluding hydrogens is 262 g/mol. The lowest BCUT2D eigenvalue weighted by atomic mass is 9.74. The molecule has 3 fully saturated rings. The summed E-state index contributed by atoms with van der Waals surface area (Å²) in [4.78, 5) is 13.2. The Balaban J connectivity index is 2.02. The van der Waals surface area contributed by atoms with Gasteiger partial charge in [0.1, 0.15) is 6.04 Å². The topological polar surface area (TPSA) is 20.3 Å². The minimum atomic E-state index is -4.11. The smallest absolute Gasteiger partial charge is 0.330 e. The highest BCUT2D eigenvalue weighted by atomic mass is 19.3. The summed E-state index contributed by atoms with van der Waals surface area (Å²) in [6.07, 6.45) is 2.59. The summed E-state index contributed by atoms with van der Waals surface area (Å²) in [5.74, 6) is -11.0. The van der Waals surface area contributed by atoms with E-state index in [-0.39, 0.29) is 12.5 Å². The van der Waals surface area contributed by atoms with E-state index >= 15 is 0 Å². The van der Waals surface area contributed by atoms with Crippen LogP contribution in [-0.2, 0) is 4.79 Å². The van der Waals surface area contributed by atoms with Crippen molar-refractivity contribution in [1.82, 2.24) is 4.90 Å². The Bertz CT molecular complexity index is 411. The maximum Gasteiger partial charge on any atom is 0.330 e. The largest absolute Gasteiger partial charge is 0.332 e. The second kappa shape index (κ2) is 3.85. The lowest BCUT2D eigenvalue weighted by molar-refractivity contribution is -0.286. The normalized spacial score (nSPS) is 43.8. The number of piperidine rings is 1. The maximum atomic E-state index is 14.2. The van der Waals surface area contributed by atoms with Gasteiger partial charge < -0.3 is 4.90 Å². The molecule has 1 aliphatic carbocycles. The van der Waals surface area contributed by atoms with Gasteiger partial charge in [0.25, 0.3) is 0 Å². The molecule has 0 aromatic rings. The molecule has 108 valence electrons. The van der Waals surface area contributed by atoms with Gasteiger partial charge in [-0.1, -0.05) is 19.8 Å². The van der Waals surface area contributed by atoms with Crippen molar-refractivity contribution >= 4 is 5.91 Å². The second-order valence-corrected chi connectivity index (χ2v) is 6.14. The second-order valence-electron chi connectivity index (χ2n) is 6.14. The Kier molecular flexibility index (Phi) is 2.68. The Morgan fingerprint density at radius 2 is 1.74 bits per heavy atom. The van der Waals surface area contributed by atoms with Gasteiger partial charge in [0.05, 0.1) is 0 Å². The van der Waals surface area contributed by atoms with Gasteiger partial charge >= 0.3 is 11.8 Å². The molecule has 3 aliphatic rings. The van der Waals surface area contributed by atoms with E-state index in [1.165, 1.54) is 0 Å². The SMILES string of the molecule is CC1CN2C(=O)[C@@H]3CCCC[C@@H]3C2C(F)(F)C1(F)F. The molecule has 4 atom stereocenters. The number of amides is 1. The number of hydrogen-bond donors (Lipinski definition) is 0. The molecule has 0 aromatic heterocycles. The molecule has 2 saturated heterocycles. The van der Waals surface area contributed by atoms with Crippen molar-refractivity contribution in [2.24, 2.45) is 17.8 Å². The first kappa shape index (κ1) is 13.2. The first-order valence-electron chi connectivity index (χ1n) is 6.84. The van der Waals surface area contributed by atoms with Crippen molar-refractivity contribution in [3.63, 3.8) is 0 Å². The molecule has 1 amide bonds. The average Bonchev–Trinajstić information content (AvgIpc) is 2.62. The van der Waals surface area contributed by atoms with Crippen LogP contribution < -0.4 is 0 Å². The van der Waals surface area contributed by atoms with Gasteiger partial charge in [-0.15, -0.1) is 0 Å². The number of fused-ring (bicyclic) bond motifs is 3. The van der Waals surface area contributed by atoms with E-state index in [1.807, 2.05) is 0 Å². The van der Waals surface area contributed by atoms with Crippen molar-refractivity contribution in [3.05, 3.63) is 0 Å². The number of halogens is 4. The highest BCUT2D eigenvalue weighted by Crippen LogP contribution is 2.56. The predicted octanol–water partition coefficient (Wildman–Crippen LogP) is 2.92. The third kappa shape index (κ3) is 1.51. The zero-order valence-electron chi connectivity index (χ0n) is 10.7. The van der Waals surface area contributed by atoms with Gasteiger partial charge in [-0.25, -0.2) is 0 Å². The fourth-order valence-electron chi connectivity index (χ4n) is 4.03. The van der Waals surface area contributed by atoms with Gasteiger partial charge in [0.2, 0.25) is 5.91 Å². The molecule has 6 heteroatoms. The molecule has 2 unspecified atom stereocenters. The fourth-order valence-corrected chi connectivity index (χ4v) is 4.03. The number of alkyl halides is 4. The molecule has 2 heterocycles. The molecule has 0 bridgehead atoms. The van der Waals surface area contributed by atoms with Crippen LogP contribution in [0.5, 0.6) is 0 Å². The van der Waals surface area contributed by atoms with Crippen LogP contribution in [0.15, 0.2) is 0 Å². The Morgan fingerprint density at radius 1 is 1.11 bits per heavy atom. The Morgan fingerprint density at radius 3 is 2.42 bits per heavy atom. The van der Waals surface area contributed by atoms with E-state index in [4.69, 9.17) is 0 Å². The van der Waals surface area contributed by atoms with E-state index in [1.54, 1.807) is 0 Å². The first-order valence-corrected chi connectivity index (χ1v) is 6.84. The van der Waals surface area contributed by atoms with Crippen LogP contribution in [0.2, 0.25) is 0 Å². The summed E-state index contributed by atoms with van der Waals surface area (Å²) in [5.41, 5.74) is 0. The summed E-state index contributed by atoms with van der Waals surface area (Å²) >= 11 is 0.